The Morgan fingerprint density at radius 2 is 1.95 bits per heavy atom. The summed E-state index contributed by atoms with van der Waals surface area (Å²) in [6, 6.07) is 5.45. The lowest BCUT2D eigenvalue weighted by molar-refractivity contribution is -0.140. The summed E-state index contributed by atoms with van der Waals surface area (Å²) in [7, 11) is 1.53. The lowest BCUT2D eigenvalue weighted by Gasteiger charge is -2.33. The number of rotatable bonds is 7. The lowest BCUT2D eigenvalue weighted by atomic mass is 10.0. The number of hydrogen-bond acceptors (Lipinski definition) is 6. The molecular formula is C28H27F4N7O2. The zero-order valence-electron chi connectivity index (χ0n) is 22.6. The first kappa shape index (κ1) is 26.9. The number of methoxy groups -OCH3 is 1. The van der Waals surface area contributed by atoms with E-state index in [0.29, 0.717) is 41.0 Å². The molecule has 1 atom stereocenters. The Balaban J connectivity index is 1.36. The van der Waals surface area contributed by atoms with Crippen LogP contribution in [-0.2, 0) is 24.1 Å². The van der Waals surface area contributed by atoms with E-state index in [1.165, 1.54) is 30.1 Å². The third-order valence-corrected chi connectivity index (χ3v) is 7.58. The van der Waals surface area contributed by atoms with Crippen molar-refractivity contribution in [2.45, 2.75) is 64.3 Å². The quantitative estimate of drug-likeness (QED) is 0.263. The molecule has 9 nitrogen and oxygen atoms in total. The number of anilines is 1. The molecule has 0 radical (unpaired) electrons. The second-order valence-electron chi connectivity index (χ2n) is 10.2. The highest BCUT2D eigenvalue weighted by molar-refractivity contribution is 5.95. The molecule has 0 bridgehead atoms. The van der Waals surface area contributed by atoms with Crippen LogP contribution in [0, 0.1) is 5.82 Å². The molecule has 0 spiro atoms. The number of nitrogens with zero attached hydrogens (tertiary/aromatic N) is 7. The zero-order chi connectivity index (χ0) is 29.1. The van der Waals surface area contributed by atoms with Crippen LogP contribution in [0.1, 0.15) is 62.0 Å². The van der Waals surface area contributed by atoms with E-state index in [0.717, 1.165) is 24.7 Å². The fourth-order valence-electron chi connectivity index (χ4n) is 5.33. The van der Waals surface area contributed by atoms with E-state index in [9.17, 15) is 18.0 Å². The Hall–Kier alpha value is -4.29. The minimum Gasteiger partial charge on any atom is -0.480 e. The standard InChI is InChI=1S/C28H27F4N7O2/c1-4-37-13-21(28(30,31)32)35-26(37)18-8-7-17(11-19(18)29)15(2)39-22-12-20(36-38(22)10-9-23(39)40)24-25(16-5-6-16)33-14-34-27(24)41-3/h7-8,11-16H,4-6,9-10H2,1-3H3/t15-/m0/s1. The van der Waals surface area contributed by atoms with Crippen LogP contribution in [-0.4, -0.2) is 42.3 Å². The van der Waals surface area contributed by atoms with Crippen LogP contribution in [0.2, 0.25) is 0 Å². The molecule has 214 valence electrons. The van der Waals surface area contributed by atoms with Crippen molar-refractivity contribution in [1.29, 1.82) is 0 Å². The molecule has 1 saturated carbocycles. The predicted octanol–water partition coefficient (Wildman–Crippen LogP) is 5.77. The first-order valence-corrected chi connectivity index (χ1v) is 13.3. The Bertz CT molecular complexity index is 1640. The van der Waals surface area contributed by atoms with E-state index in [1.54, 1.807) is 35.6 Å². The number of hydrogen-bond donors (Lipinski definition) is 0. The van der Waals surface area contributed by atoms with E-state index in [-0.39, 0.29) is 30.3 Å². The van der Waals surface area contributed by atoms with E-state index in [1.807, 2.05) is 0 Å². The maximum atomic E-state index is 15.4. The number of alkyl halides is 3. The van der Waals surface area contributed by atoms with Crippen molar-refractivity contribution in [3.8, 4) is 28.5 Å². The first-order valence-electron chi connectivity index (χ1n) is 13.3. The van der Waals surface area contributed by atoms with Gasteiger partial charge in [-0.2, -0.15) is 18.3 Å². The second-order valence-corrected chi connectivity index (χ2v) is 10.2. The molecule has 2 aliphatic rings. The summed E-state index contributed by atoms with van der Waals surface area (Å²) >= 11 is 0. The van der Waals surface area contributed by atoms with Crippen LogP contribution in [0.3, 0.4) is 0 Å². The maximum Gasteiger partial charge on any atom is 0.434 e. The van der Waals surface area contributed by atoms with Crippen molar-refractivity contribution < 1.29 is 27.1 Å². The van der Waals surface area contributed by atoms with Gasteiger partial charge in [-0.25, -0.2) is 24.0 Å². The van der Waals surface area contributed by atoms with Crippen molar-refractivity contribution in [3.05, 3.63) is 59.6 Å². The molecule has 1 fully saturated rings. The van der Waals surface area contributed by atoms with E-state index in [2.05, 4.69) is 15.0 Å². The van der Waals surface area contributed by atoms with E-state index < -0.39 is 23.7 Å². The molecule has 1 amide bonds. The summed E-state index contributed by atoms with van der Waals surface area (Å²) in [5.74, 6) is 0.239. The Morgan fingerprint density at radius 3 is 2.61 bits per heavy atom. The van der Waals surface area contributed by atoms with Crippen LogP contribution in [0.15, 0.2) is 36.8 Å². The van der Waals surface area contributed by atoms with Crippen molar-refractivity contribution >= 4 is 11.7 Å². The minimum atomic E-state index is -4.65. The molecule has 6 rings (SSSR count). The van der Waals surface area contributed by atoms with Gasteiger partial charge in [-0.15, -0.1) is 0 Å². The summed E-state index contributed by atoms with van der Waals surface area (Å²) in [4.78, 5) is 27.2. The molecule has 3 aromatic heterocycles. The van der Waals surface area contributed by atoms with Crippen molar-refractivity contribution in [2.24, 2.45) is 0 Å². The molecule has 0 N–H and O–H groups in total. The Morgan fingerprint density at radius 1 is 1.17 bits per heavy atom. The number of halogens is 4. The van der Waals surface area contributed by atoms with Crippen LogP contribution < -0.4 is 9.64 Å². The SMILES string of the molecule is CCn1cc(C(F)(F)F)nc1-c1ccc([C@H](C)N2C(=O)CCn3nc(-c4c(OC)ncnc4C4CC4)cc32)cc1F. The number of amides is 1. The fourth-order valence-corrected chi connectivity index (χ4v) is 5.33. The van der Waals surface area contributed by atoms with Gasteiger partial charge in [0.1, 0.15) is 29.5 Å². The molecule has 41 heavy (non-hydrogen) atoms. The summed E-state index contributed by atoms with van der Waals surface area (Å²) in [5, 5.41) is 4.76. The number of carbonyl (C=O) groups excluding carboxylic acids is 1. The molecule has 4 heterocycles. The third kappa shape index (κ3) is 4.72. The molecule has 1 aliphatic heterocycles. The van der Waals surface area contributed by atoms with Gasteiger partial charge in [0.2, 0.25) is 11.8 Å². The molecule has 13 heteroatoms. The summed E-state index contributed by atoms with van der Waals surface area (Å²) in [6.45, 7) is 3.99. The van der Waals surface area contributed by atoms with Gasteiger partial charge in [-0.05, 0) is 44.4 Å². The molecule has 1 aliphatic carbocycles. The van der Waals surface area contributed by atoms with Crippen molar-refractivity contribution in [1.82, 2.24) is 29.3 Å². The van der Waals surface area contributed by atoms with E-state index >= 15 is 4.39 Å². The van der Waals surface area contributed by atoms with Gasteiger partial charge < -0.3 is 9.30 Å². The number of fused-ring (bicyclic) bond motifs is 1. The van der Waals surface area contributed by atoms with Crippen LogP contribution in [0.25, 0.3) is 22.6 Å². The summed E-state index contributed by atoms with van der Waals surface area (Å²) < 4.78 is 63.7. The fraction of sp³-hybridized carbons (Fsp3) is 0.393. The van der Waals surface area contributed by atoms with Gasteiger partial charge >= 0.3 is 6.18 Å². The number of imidazole rings is 1. The van der Waals surface area contributed by atoms with Crippen LogP contribution in [0.5, 0.6) is 5.88 Å². The van der Waals surface area contributed by atoms with Gasteiger partial charge in [-0.1, -0.05) is 6.07 Å². The summed E-state index contributed by atoms with van der Waals surface area (Å²) in [5.41, 5.74) is 1.47. The molecule has 4 aromatic rings. The van der Waals surface area contributed by atoms with E-state index in [4.69, 9.17) is 9.84 Å². The van der Waals surface area contributed by atoms with Crippen LogP contribution in [0.4, 0.5) is 23.4 Å². The maximum absolute atomic E-state index is 15.4. The van der Waals surface area contributed by atoms with Gasteiger partial charge in [0.25, 0.3) is 0 Å². The largest absolute Gasteiger partial charge is 0.480 e. The monoisotopic (exact) mass is 569 g/mol. The number of aromatic nitrogens is 6. The molecule has 0 unspecified atom stereocenters. The first-order chi connectivity index (χ1) is 19.6. The predicted molar refractivity (Wildman–Crippen MR) is 141 cm³/mol. The van der Waals surface area contributed by atoms with Gasteiger partial charge in [0.05, 0.1) is 36.5 Å². The normalized spacial score (nSPS) is 16.2. The molecule has 0 saturated heterocycles. The Labute approximate surface area is 232 Å². The smallest absolute Gasteiger partial charge is 0.434 e. The van der Waals surface area contributed by atoms with Crippen molar-refractivity contribution in [3.63, 3.8) is 0 Å². The number of carbonyl (C=O) groups is 1. The highest BCUT2D eigenvalue weighted by Gasteiger charge is 2.37. The second kappa shape index (κ2) is 9.96. The highest BCUT2D eigenvalue weighted by atomic mass is 19.4. The highest BCUT2D eigenvalue weighted by Crippen LogP contribution is 2.46. The van der Waals surface area contributed by atoms with Gasteiger partial charge in [-0.3, -0.25) is 9.69 Å². The Kier molecular flexibility index (Phi) is 6.54. The zero-order valence-corrected chi connectivity index (χ0v) is 22.6. The lowest BCUT2D eigenvalue weighted by Crippen LogP contribution is -2.39. The molecular weight excluding hydrogens is 542 g/mol. The minimum absolute atomic E-state index is 0.0561. The topological polar surface area (TPSA) is 91.0 Å². The average molecular weight is 570 g/mol. The third-order valence-electron chi connectivity index (χ3n) is 7.58. The summed E-state index contributed by atoms with van der Waals surface area (Å²) in [6.07, 6.45) is -0.0757. The van der Waals surface area contributed by atoms with Gasteiger partial charge in [0, 0.05) is 31.1 Å². The van der Waals surface area contributed by atoms with Gasteiger partial charge in [0.15, 0.2) is 5.69 Å². The number of benzene rings is 1. The number of ether oxygens (including phenoxy) is 1. The van der Waals surface area contributed by atoms with Crippen molar-refractivity contribution in [2.75, 3.05) is 12.0 Å². The number of aryl methyl sites for hydroxylation is 2. The van der Waals surface area contributed by atoms with Crippen LogP contribution >= 0.6 is 0 Å². The average Bonchev–Trinajstić information content (AvgIpc) is 3.55. The molecule has 1 aromatic carbocycles.